The molecular weight excluding hydrogens is 354 g/mol. The lowest BCUT2D eigenvalue weighted by Crippen LogP contribution is -2.62. The summed E-state index contributed by atoms with van der Waals surface area (Å²) < 4.78 is 32.4. The zero-order valence-corrected chi connectivity index (χ0v) is 16.3. The molecular formula is C20H30F2N2O3. The molecule has 0 aromatic heterocycles. The van der Waals surface area contributed by atoms with Gasteiger partial charge in [0, 0.05) is 19.6 Å². The van der Waals surface area contributed by atoms with E-state index in [0.717, 1.165) is 5.56 Å². The molecule has 2 rings (SSSR count). The van der Waals surface area contributed by atoms with E-state index in [2.05, 4.69) is 5.32 Å². The predicted molar refractivity (Wildman–Crippen MR) is 99.7 cm³/mol. The number of benzene rings is 1. The Balaban J connectivity index is 2.22. The van der Waals surface area contributed by atoms with Crippen LogP contribution in [0.1, 0.15) is 45.6 Å². The minimum Gasteiger partial charge on any atom is -0.444 e. The van der Waals surface area contributed by atoms with Gasteiger partial charge in [-0.1, -0.05) is 30.3 Å². The standard InChI is InChI=1S/C20H30F2N2O3/c1-19(2,3)27-18(26)24-12-8-7-11-20(14-24,16(25)17(21)22)23-13-15-9-5-4-6-10-15/h4-6,9-10,16-17,23,25H,7-8,11-14H2,1-3H3/t16-,20-/m1/s1. The fraction of sp³-hybridized carbons (Fsp3) is 0.650. The monoisotopic (exact) mass is 384 g/mol. The Kier molecular flexibility index (Phi) is 7.17. The summed E-state index contributed by atoms with van der Waals surface area (Å²) in [6, 6.07) is 9.39. The number of aliphatic hydroxyl groups excluding tert-OH is 1. The molecule has 1 amide bonds. The molecule has 1 aliphatic heterocycles. The number of halogens is 2. The summed E-state index contributed by atoms with van der Waals surface area (Å²) in [5.74, 6) is 0. The molecule has 0 unspecified atom stereocenters. The molecule has 1 aromatic rings. The zero-order chi connectivity index (χ0) is 20.1. The first-order valence-corrected chi connectivity index (χ1v) is 9.36. The molecule has 0 saturated carbocycles. The highest BCUT2D eigenvalue weighted by atomic mass is 19.3. The van der Waals surface area contributed by atoms with E-state index in [1.165, 1.54) is 4.90 Å². The van der Waals surface area contributed by atoms with Crippen LogP contribution in [0.2, 0.25) is 0 Å². The largest absolute Gasteiger partial charge is 0.444 e. The van der Waals surface area contributed by atoms with Gasteiger partial charge < -0.3 is 20.1 Å². The summed E-state index contributed by atoms with van der Waals surface area (Å²) in [7, 11) is 0. The topological polar surface area (TPSA) is 61.8 Å². The van der Waals surface area contributed by atoms with Crippen LogP contribution in [0.3, 0.4) is 0 Å². The number of aliphatic hydroxyl groups is 1. The quantitative estimate of drug-likeness (QED) is 0.815. The van der Waals surface area contributed by atoms with Gasteiger partial charge in [0.05, 0.1) is 5.54 Å². The molecule has 0 bridgehead atoms. The van der Waals surface area contributed by atoms with Crippen LogP contribution < -0.4 is 5.32 Å². The number of rotatable bonds is 5. The van der Waals surface area contributed by atoms with Gasteiger partial charge >= 0.3 is 6.09 Å². The van der Waals surface area contributed by atoms with Gasteiger partial charge in [-0.2, -0.15) is 0 Å². The third-order valence-corrected chi connectivity index (χ3v) is 4.72. The van der Waals surface area contributed by atoms with E-state index in [9.17, 15) is 18.7 Å². The van der Waals surface area contributed by atoms with Gasteiger partial charge in [0.1, 0.15) is 11.7 Å². The van der Waals surface area contributed by atoms with E-state index in [-0.39, 0.29) is 6.54 Å². The Hall–Kier alpha value is -1.73. The maximum Gasteiger partial charge on any atom is 0.410 e. The molecule has 1 aromatic carbocycles. The molecule has 1 heterocycles. The Labute approximate surface area is 159 Å². The first-order valence-electron chi connectivity index (χ1n) is 9.36. The van der Waals surface area contributed by atoms with Gasteiger partial charge in [-0.05, 0) is 45.6 Å². The smallest absolute Gasteiger partial charge is 0.410 e. The van der Waals surface area contributed by atoms with Crippen LogP contribution in [0.25, 0.3) is 0 Å². The molecule has 1 fully saturated rings. The Morgan fingerprint density at radius 3 is 2.56 bits per heavy atom. The van der Waals surface area contributed by atoms with Crippen molar-refractivity contribution in [3.63, 3.8) is 0 Å². The van der Waals surface area contributed by atoms with Crippen LogP contribution in [0, 0.1) is 0 Å². The number of alkyl halides is 2. The molecule has 7 heteroatoms. The van der Waals surface area contributed by atoms with Crippen molar-refractivity contribution in [2.75, 3.05) is 13.1 Å². The highest BCUT2D eigenvalue weighted by Crippen LogP contribution is 2.29. The van der Waals surface area contributed by atoms with Crippen molar-refractivity contribution in [2.24, 2.45) is 0 Å². The minimum absolute atomic E-state index is 0.0275. The maximum atomic E-state index is 13.5. The molecule has 2 N–H and O–H groups in total. The molecule has 0 spiro atoms. The number of carbonyl (C=O) groups is 1. The Morgan fingerprint density at radius 1 is 1.30 bits per heavy atom. The fourth-order valence-corrected chi connectivity index (χ4v) is 3.33. The molecule has 152 valence electrons. The Morgan fingerprint density at radius 2 is 1.96 bits per heavy atom. The van der Waals surface area contributed by atoms with Gasteiger partial charge in [-0.15, -0.1) is 0 Å². The molecule has 2 atom stereocenters. The van der Waals surface area contributed by atoms with E-state index in [1.807, 2.05) is 30.3 Å². The van der Waals surface area contributed by atoms with Crippen LogP contribution in [0.5, 0.6) is 0 Å². The summed E-state index contributed by atoms with van der Waals surface area (Å²) >= 11 is 0. The molecule has 1 saturated heterocycles. The first kappa shape index (κ1) is 21.6. The number of nitrogens with zero attached hydrogens (tertiary/aromatic N) is 1. The highest BCUT2D eigenvalue weighted by molar-refractivity contribution is 5.68. The van der Waals surface area contributed by atoms with Crippen molar-refractivity contribution < 1.29 is 23.4 Å². The number of ether oxygens (including phenoxy) is 1. The second-order valence-electron chi connectivity index (χ2n) is 8.13. The lowest BCUT2D eigenvalue weighted by atomic mass is 9.86. The number of hydrogen-bond acceptors (Lipinski definition) is 4. The summed E-state index contributed by atoms with van der Waals surface area (Å²) in [4.78, 5) is 14.0. The van der Waals surface area contributed by atoms with Crippen LogP contribution in [0.15, 0.2) is 30.3 Å². The second-order valence-corrected chi connectivity index (χ2v) is 8.13. The predicted octanol–water partition coefficient (Wildman–Crippen LogP) is 3.56. The van der Waals surface area contributed by atoms with Crippen molar-refractivity contribution in [3.05, 3.63) is 35.9 Å². The van der Waals surface area contributed by atoms with E-state index in [4.69, 9.17) is 4.74 Å². The van der Waals surface area contributed by atoms with E-state index in [0.29, 0.717) is 32.4 Å². The minimum atomic E-state index is -2.91. The van der Waals surface area contributed by atoms with E-state index >= 15 is 0 Å². The molecule has 0 aliphatic carbocycles. The van der Waals surface area contributed by atoms with Crippen LogP contribution >= 0.6 is 0 Å². The lowest BCUT2D eigenvalue weighted by molar-refractivity contribution is -0.0719. The lowest BCUT2D eigenvalue weighted by Gasteiger charge is -2.41. The van der Waals surface area contributed by atoms with Gasteiger partial charge in [-0.25, -0.2) is 13.6 Å². The number of hydrogen-bond donors (Lipinski definition) is 2. The summed E-state index contributed by atoms with van der Waals surface area (Å²) in [6.07, 6.45) is -3.69. The zero-order valence-electron chi connectivity index (χ0n) is 16.3. The molecule has 1 aliphatic rings. The normalized spacial score (nSPS) is 22.4. The van der Waals surface area contributed by atoms with Gasteiger partial charge in [-0.3, -0.25) is 0 Å². The number of carbonyl (C=O) groups excluding carboxylic acids is 1. The van der Waals surface area contributed by atoms with Gasteiger partial charge in [0.15, 0.2) is 0 Å². The summed E-state index contributed by atoms with van der Waals surface area (Å²) in [5, 5.41) is 13.5. The van der Waals surface area contributed by atoms with Gasteiger partial charge in [0.25, 0.3) is 6.43 Å². The summed E-state index contributed by atoms with van der Waals surface area (Å²) in [6.45, 7) is 6.00. The van der Waals surface area contributed by atoms with Crippen LogP contribution in [-0.2, 0) is 11.3 Å². The fourth-order valence-electron chi connectivity index (χ4n) is 3.33. The van der Waals surface area contributed by atoms with Crippen molar-refractivity contribution in [3.8, 4) is 0 Å². The Bertz CT molecular complexity index is 607. The number of likely N-dealkylation sites (tertiary alicyclic amines) is 1. The summed E-state index contributed by atoms with van der Waals surface area (Å²) in [5.41, 5.74) is -1.05. The average Bonchev–Trinajstić information content (AvgIpc) is 2.82. The third-order valence-electron chi connectivity index (χ3n) is 4.72. The highest BCUT2D eigenvalue weighted by Gasteiger charge is 2.46. The van der Waals surface area contributed by atoms with E-state index < -0.39 is 29.8 Å². The van der Waals surface area contributed by atoms with Crippen molar-refractivity contribution in [1.29, 1.82) is 0 Å². The second kappa shape index (κ2) is 8.97. The van der Waals surface area contributed by atoms with Crippen molar-refractivity contribution in [1.82, 2.24) is 10.2 Å². The SMILES string of the molecule is CC(C)(C)OC(=O)N1CCCC[C@](NCc2ccccc2)([C@H](O)C(F)F)C1. The molecule has 0 radical (unpaired) electrons. The van der Waals surface area contributed by atoms with Crippen molar-refractivity contribution in [2.45, 2.75) is 70.2 Å². The van der Waals surface area contributed by atoms with Crippen molar-refractivity contribution >= 4 is 6.09 Å². The molecule has 5 nitrogen and oxygen atoms in total. The number of amides is 1. The van der Waals surface area contributed by atoms with Crippen LogP contribution in [0.4, 0.5) is 13.6 Å². The first-order chi connectivity index (χ1) is 12.6. The van der Waals surface area contributed by atoms with E-state index in [1.54, 1.807) is 20.8 Å². The average molecular weight is 384 g/mol. The van der Waals surface area contributed by atoms with Crippen LogP contribution in [-0.4, -0.2) is 52.9 Å². The molecule has 27 heavy (non-hydrogen) atoms. The van der Waals surface area contributed by atoms with Gasteiger partial charge in [0.2, 0.25) is 0 Å². The number of nitrogens with one attached hydrogen (secondary N) is 1. The maximum absolute atomic E-state index is 13.5. The third kappa shape index (κ3) is 6.14.